The molecule has 0 spiro atoms. The molecule has 0 bridgehead atoms. The van der Waals surface area contributed by atoms with Gasteiger partial charge in [-0.1, -0.05) is 29.8 Å². The van der Waals surface area contributed by atoms with Crippen LogP contribution in [-0.4, -0.2) is 66.9 Å². The normalized spacial score (nSPS) is 24.0. The van der Waals surface area contributed by atoms with Gasteiger partial charge in [0.1, 0.15) is 6.04 Å². The lowest BCUT2D eigenvalue weighted by atomic mass is 9.89. The van der Waals surface area contributed by atoms with Crippen LogP contribution in [0.25, 0.3) is 0 Å². The Bertz CT molecular complexity index is 821. The summed E-state index contributed by atoms with van der Waals surface area (Å²) in [5.74, 6) is -2.23. The van der Waals surface area contributed by atoms with Crippen LogP contribution in [0.2, 0.25) is 0 Å². The molecule has 0 N–H and O–H groups in total. The fourth-order valence-corrected chi connectivity index (χ4v) is 4.21. The van der Waals surface area contributed by atoms with E-state index in [1.807, 2.05) is 31.2 Å². The third kappa shape index (κ3) is 4.63. The van der Waals surface area contributed by atoms with Crippen molar-refractivity contribution >= 4 is 23.8 Å². The summed E-state index contributed by atoms with van der Waals surface area (Å²) in [7, 11) is 2.56. The number of aryl methyl sites for hydroxylation is 1. The highest BCUT2D eigenvalue weighted by Crippen LogP contribution is 2.29. The first-order valence-electron chi connectivity index (χ1n) is 10.1. The molecule has 0 aliphatic carbocycles. The maximum absolute atomic E-state index is 13.2. The van der Waals surface area contributed by atoms with Gasteiger partial charge >= 0.3 is 11.9 Å². The highest BCUT2D eigenvalue weighted by molar-refractivity contribution is 5.92. The van der Waals surface area contributed by atoms with Gasteiger partial charge in [-0.15, -0.1) is 0 Å². The zero-order valence-corrected chi connectivity index (χ0v) is 17.6. The van der Waals surface area contributed by atoms with Gasteiger partial charge in [-0.05, 0) is 25.3 Å². The van der Waals surface area contributed by atoms with E-state index in [4.69, 9.17) is 9.47 Å². The Morgan fingerprint density at radius 3 is 2.33 bits per heavy atom. The van der Waals surface area contributed by atoms with Crippen LogP contribution < -0.4 is 0 Å². The number of carbonyl (C=O) groups excluding carboxylic acids is 4. The maximum atomic E-state index is 13.2. The van der Waals surface area contributed by atoms with Crippen LogP contribution in [0.15, 0.2) is 24.3 Å². The van der Waals surface area contributed by atoms with Crippen LogP contribution in [0.4, 0.5) is 0 Å². The summed E-state index contributed by atoms with van der Waals surface area (Å²) in [5.41, 5.74) is 2.15. The van der Waals surface area contributed by atoms with Gasteiger partial charge in [-0.25, -0.2) is 4.79 Å². The lowest BCUT2D eigenvalue weighted by Crippen LogP contribution is -2.53. The Labute approximate surface area is 176 Å². The molecule has 1 aromatic rings. The topological polar surface area (TPSA) is 93.2 Å². The second-order valence-corrected chi connectivity index (χ2v) is 7.98. The molecule has 2 aliphatic rings. The Balaban J connectivity index is 1.68. The third-order valence-electron chi connectivity index (χ3n) is 5.95. The van der Waals surface area contributed by atoms with E-state index >= 15 is 0 Å². The SMILES string of the molecule is COC(=O)C1CCN(C(=O)C2CC(=O)N(Cc3ccc(C)cc3)C2)C(C(=O)OC)C1. The molecule has 2 heterocycles. The molecule has 2 amide bonds. The number of benzene rings is 1. The molecule has 2 saturated heterocycles. The maximum Gasteiger partial charge on any atom is 0.328 e. The number of methoxy groups -OCH3 is 2. The van der Waals surface area contributed by atoms with Crippen LogP contribution in [0.5, 0.6) is 0 Å². The largest absolute Gasteiger partial charge is 0.469 e. The highest BCUT2D eigenvalue weighted by atomic mass is 16.5. The van der Waals surface area contributed by atoms with Gasteiger partial charge in [0.15, 0.2) is 0 Å². The van der Waals surface area contributed by atoms with Crippen LogP contribution in [0, 0.1) is 18.8 Å². The van der Waals surface area contributed by atoms with Crippen molar-refractivity contribution in [2.45, 2.75) is 38.8 Å². The van der Waals surface area contributed by atoms with Crippen molar-refractivity contribution in [2.24, 2.45) is 11.8 Å². The summed E-state index contributed by atoms with van der Waals surface area (Å²) in [6.07, 6.45) is 0.702. The van der Waals surface area contributed by atoms with E-state index in [1.54, 1.807) is 4.90 Å². The summed E-state index contributed by atoms with van der Waals surface area (Å²) in [5, 5.41) is 0. The number of esters is 2. The molecule has 162 valence electrons. The molecule has 3 rings (SSSR count). The second-order valence-electron chi connectivity index (χ2n) is 7.98. The van der Waals surface area contributed by atoms with Crippen molar-refractivity contribution in [3.63, 3.8) is 0 Å². The summed E-state index contributed by atoms with van der Waals surface area (Å²) in [6.45, 7) is 3.02. The van der Waals surface area contributed by atoms with E-state index < -0.39 is 29.8 Å². The van der Waals surface area contributed by atoms with Gasteiger partial charge in [0.25, 0.3) is 0 Å². The fourth-order valence-electron chi connectivity index (χ4n) is 4.21. The number of amides is 2. The quantitative estimate of drug-likeness (QED) is 0.672. The molecule has 3 unspecified atom stereocenters. The predicted octanol–water partition coefficient (Wildman–Crippen LogP) is 1.30. The van der Waals surface area contributed by atoms with Crippen molar-refractivity contribution in [3.8, 4) is 0 Å². The fraction of sp³-hybridized carbons (Fsp3) is 0.545. The second kappa shape index (κ2) is 9.28. The van der Waals surface area contributed by atoms with Crippen molar-refractivity contribution in [3.05, 3.63) is 35.4 Å². The van der Waals surface area contributed by atoms with E-state index in [-0.39, 0.29) is 31.2 Å². The lowest BCUT2D eigenvalue weighted by Gasteiger charge is -2.38. The average Bonchev–Trinajstić information content (AvgIpc) is 3.13. The van der Waals surface area contributed by atoms with Crippen molar-refractivity contribution in [1.29, 1.82) is 0 Å². The highest BCUT2D eigenvalue weighted by Gasteiger charge is 2.44. The number of piperidine rings is 1. The minimum Gasteiger partial charge on any atom is -0.469 e. The van der Waals surface area contributed by atoms with Crippen molar-refractivity contribution < 1.29 is 28.7 Å². The molecule has 8 nitrogen and oxygen atoms in total. The molecule has 1 aromatic carbocycles. The number of likely N-dealkylation sites (tertiary alicyclic amines) is 2. The Morgan fingerprint density at radius 2 is 1.70 bits per heavy atom. The van der Waals surface area contributed by atoms with Crippen LogP contribution in [0.1, 0.15) is 30.4 Å². The summed E-state index contributed by atoms with van der Waals surface area (Å²) >= 11 is 0. The Kier molecular flexibility index (Phi) is 6.74. The molecule has 8 heteroatoms. The molecular weight excluding hydrogens is 388 g/mol. The van der Waals surface area contributed by atoms with Gasteiger partial charge in [0, 0.05) is 26.1 Å². The first kappa shape index (κ1) is 21.8. The van der Waals surface area contributed by atoms with Crippen LogP contribution in [0.3, 0.4) is 0 Å². The predicted molar refractivity (Wildman–Crippen MR) is 107 cm³/mol. The minimum atomic E-state index is -0.846. The zero-order valence-electron chi connectivity index (χ0n) is 17.6. The molecule has 0 saturated carbocycles. The summed E-state index contributed by atoms with van der Waals surface area (Å²) in [4.78, 5) is 53.1. The number of hydrogen-bond acceptors (Lipinski definition) is 6. The van der Waals surface area contributed by atoms with E-state index in [1.165, 1.54) is 19.1 Å². The first-order chi connectivity index (χ1) is 14.3. The molecule has 0 radical (unpaired) electrons. The van der Waals surface area contributed by atoms with Gasteiger partial charge in [0.05, 0.1) is 26.1 Å². The number of carbonyl (C=O) groups is 4. The van der Waals surface area contributed by atoms with Gasteiger partial charge < -0.3 is 19.3 Å². The number of nitrogens with zero attached hydrogens (tertiary/aromatic N) is 2. The van der Waals surface area contributed by atoms with Crippen LogP contribution >= 0.6 is 0 Å². The smallest absolute Gasteiger partial charge is 0.328 e. The number of ether oxygens (including phenoxy) is 2. The van der Waals surface area contributed by atoms with E-state index in [0.29, 0.717) is 19.5 Å². The Hall–Kier alpha value is -2.90. The zero-order chi connectivity index (χ0) is 21.8. The van der Waals surface area contributed by atoms with Crippen molar-refractivity contribution in [2.75, 3.05) is 27.3 Å². The van der Waals surface area contributed by atoms with E-state index in [9.17, 15) is 19.2 Å². The standard InChI is InChI=1S/C22H28N2O6/c1-14-4-6-15(7-5-14)12-23-13-17(11-19(23)25)20(26)24-9-8-16(21(27)29-2)10-18(24)22(28)30-3/h4-7,16-18H,8-13H2,1-3H3. The molecule has 2 fully saturated rings. The number of hydrogen-bond donors (Lipinski definition) is 0. The molecule has 30 heavy (non-hydrogen) atoms. The average molecular weight is 416 g/mol. The molecule has 0 aromatic heterocycles. The summed E-state index contributed by atoms with van der Waals surface area (Å²) < 4.78 is 9.66. The monoisotopic (exact) mass is 416 g/mol. The number of rotatable bonds is 5. The van der Waals surface area contributed by atoms with Gasteiger partial charge in [-0.3, -0.25) is 14.4 Å². The van der Waals surface area contributed by atoms with Gasteiger partial charge in [-0.2, -0.15) is 0 Å². The van der Waals surface area contributed by atoms with E-state index in [0.717, 1.165) is 11.1 Å². The van der Waals surface area contributed by atoms with Crippen LogP contribution in [-0.2, 0) is 35.2 Å². The lowest BCUT2D eigenvalue weighted by molar-refractivity contribution is -0.161. The molecular formula is C22H28N2O6. The molecule has 3 atom stereocenters. The minimum absolute atomic E-state index is 0.0759. The van der Waals surface area contributed by atoms with Crippen molar-refractivity contribution in [1.82, 2.24) is 9.80 Å². The Morgan fingerprint density at radius 1 is 1.03 bits per heavy atom. The summed E-state index contributed by atoms with van der Waals surface area (Å²) in [6, 6.07) is 7.09. The van der Waals surface area contributed by atoms with Gasteiger partial charge in [0.2, 0.25) is 11.8 Å². The first-order valence-corrected chi connectivity index (χ1v) is 10.1. The van der Waals surface area contributed by atoms with E-state index in [2.05, 4.69) is 0 Å². The molecule has 2 aliphatic heterocycles. The third-order valence-corrected chi connectivity index (χ3v) is 5.95.